The summed E-state index contributed by atoms with van der Waals surface area (Å²) in [6.45, 7) is 9.88. The molecule has 0 heterocycles. The molecule has 0 bridgehead atoms. The zero-order chi connectivity index (χ0) is 9.40. The van der Waals surface area contributed by atoms with E-state index < -0.39 is 0 Å². The molecule has 1 atom stereocenters. The fourth-order valence-electron chi connectivity index (χ4n) is 1.27. The van der Waals surface area contributed by atoms with Crippen LogP contribution in [0.5, 0.6) is 0 Å². The molecule has 0 aromatic carbocycles. The summed E-state index contributed by atoms with van der Waals surface area (Å²) in [5.74, 6) is 0.770. The van der Waals surface area contributed by atoms with Gasteiger partial charge in [-0.2, -0.15) is 0 Å². The molecule has 0 aliphatic carbocycles. The van der Waals surface area contributed by atoms with E-state index in [1.165, 1.54) is 12.8 Å². The fourth-order valence-corrected chi connectivity index (χ4v) is 1.27. The third-order valence-electron chi connectivity index (χ3n) is 2.25. The zero-order valence-corrected chi connectivity index (χ0v) is 8.93. The topological polar surface area (TPSA) is 12.0 Å². The van der Waals surface area contributed by atoms with Crippen molar-refractivity contribution in [3.8, 4) is 0 Å². The summed E-state index contributed by atoms with van der Waals surface area (Å²) in [7, 11) is 0. The first-order valence-corrected chi connectivity index (χ1v) is 5.16. The van der Waals surface area contributed by atoms with Crippen molar-refractivity contribution in [3.63, 3.8) is 0 Å². The van der Waals surface area contributed by atoms with E-state index in [0.717, 1.165) is 12.5 Å². The van der Waals surface area contributed by atoms with E-state index in [9.17, 15) is 0 Å². The Bertz CT molecular complexity index is 114. The second-order valence-corrected chi connectivity index (χ2v) is 3.31. The van der Waals surface area contributed by atoms with Crippen molar-refractivity contribution >= 4 is 0 Å². The monoisotopic (exact) mass is 169 g/mol. The summed E-state index contributed by atoms with van der Waals surface area (Å²) in [4.78, 5) is 0. The molecule has 0 spiro atoms. The number of allylic oxidation sites excluding steroid dienone is 1. The van der Waals surface area contributed by atoms with Crippen molar-refractivity contribution in [3.05, 3.63) is 12.2 Å². The first-order chi connectivity index (χ1) is 5.74. The molecule has 0 amide bonds. The van der Waals surface area contributed by atoms with Crippen LogP contribution in [0.4, 0.5) is 0 Å². The molecule has 0 rings (SSSR count). The largest absolute Gasteiger partial charge is 0.311 e. The summed E-state index contributed by atoms with van der Waals surface area (Å²) in [6.07, 6.45) is 7.13. The highest BCUT2D eigenvalue weighted by molar-refractivity contribution is 4.93. The Morgan fingerprint density at radius 1 is 1.08 bits per heavy atom. The lowest BCUT2D eigenvalue weighted by Crippen LogP contribution is -2.23. The van der Waals surface area contributed by atoms with Gasteiger partial charge in [0.15, 0.2) is 0 Å². The molecular formula is C11H23N. The van der Waals surface area contributed by atoms with Crippen LogP contribution < -0.4 is 5.32 Å². The molecule has 0 radical (unpaired) electrons. The predicted octanol–water partition coefficient (Wildman–Crippen LogP) is 2.98. The van der Waals surface area contributed by atoms with Gasteiger partial charge >= 0.3 is 0 Å². The average Bonchev–Trinajstić information content (AvgIpc) is 2.07. The standard InChI is InChI=1S/C11H23N/c1-5-11(6-2)9-8-10(4)12-7-3/h8-12H,5-7H2,1-4H3/b9-8+. The Balaban J connectivity index is 3.69. The number of hydrogen-bond donors (Lipinski definition) is 1. The summed E-state index contributed by atoms with van der Waals surface area (Å²) < 4.78 is 0. The molecule has 72 valence electrons. The number of nitrogens with one attached hydrogen (secondary N) is 1. The Morgan fingerprint density at radius 2 is 1.67 bits per heavy atom. The van der Waals surface area contributed by atoms with Crippen molar-refractivity contribution < 1.29 is 0 Å². The van der Waals surface area contributed by atoms with Crippen molar-refractivity contribution in [2.24, 2.45) is 5.92 Å². The Labute approximate surface area is 77.2 Å². The van der Waals surface area contributed by atoms with Gasteiger partial charge in [-0.3, -0.25) is 0 Å². The van der Waals surface area contributed by atoms with Gasteiger partial charge in [-0.25, -0.2) is 0 Å². The van der Waals surface area contributed by atoms with E-state index in [4.69, 9.17) is 0 Å². The lowest BCUT2D eigenvalue weighted by atomic mass is 10.0. The lowest BCUT2D eigenvalue weighted by molar-refractivity contribution is 0.593. The average molecular weight is 169 g/mol. The third-order valence-corrected chi connectivity index (χ3v) is 2.25. The maximum absolute atomic E-state index is 3.36. The summed E-state index contributed by atoms with van der Waals surface area (Å²) in [5.41, 5.74) is 0. The molecule has 0 aliphatic rings. The lowest BCUT2D eigenvalue weighted by Gasteiger charge is -2.09. The quantitative estimate of drug-likeness (QED) is 0.603. The minimum absolute atomic E-state index is 0.524. The van der Waals surface area contributed by atoms with E-state index in [-0.39, 0.29) is 0 Å². The van der Waals surface area contributed by atoms with Crippen LogP contribution in [0.3, 0.4) is 0 Å². The van der Waals surface area contributed by atoms with E-state index in [0.29, 0.717) is 6.04 Å². The van der Waals surface area contributed by atoms with Crippen molar-refractivity contribution in [2.75, 3.05) is 6.54 Å². The molecule has 0 saturated heterocycles. The maximum Gasteiger partial charge on any atom is 0.0221 e. The highest BCUT2D eigenvalue weighted by Crippen LogP contribution is 2.08. The van der Waals surface area contributed by atoms with Gasteiger partial charge < -0.3 is 5.32 Å². The molecule has 0 fully saturated rings. The van der Waals surface area contributed by atoms with Crippen molar-refractivity contribution in [2.45, 2.75) is 46.6 Å². The zero-order valence-electron chi connectivity index (χ0n) is 8.93. The highest BCUT2D eigenvalue weighted by Gasteiger charge is 1.98. The Hall–Kier alpha value is -0.300. The summed E-state index contributed by atoms with van der Waals surface area (Å²) in [5, 5.41) is 3.36. The van der Waals surface area contributed by atoms with Gasteiger partial charge in [-0.15, -0.1) is 0 Å². The minimum atomic E-state index is 0.524. The summed E-state index contributed by atoms with van der Waals surface area (Å²) >= 11 is 0. The first-order valence-electron chi connectivity index (χ1n) is 5.16. The SMILES string of the molecule is CCNC(C)/C=C/C(CC)CC. The molecule has 0 aromatic rings. The van der Waals surface area contributed by atoms with Crippen LogP contribution in [-0.4, -0.2) is 12.6 Å². The third kappa shape index (κ3) is 5.36. The highest BCUT2D eigenvalue weighted by atomic mass is 14.9. The number of likely N-dealkylation sites (N-methyl/N-ethyl adjacent to an activating group) is 1. The van der Waals surface area contributed by atoms with Gasteiger partial charge in [0, 0.05) is 6.04 Å². The Morgan fingerprint density at radius 3 is 2.08 bits per heavy atom. The Kier molecular flexibility index (Phi) is 7.17. The van der Waals surface area contributed by atoms with Gasteiger partial charge in [0.1, 0.15) is 0 Å². The van der Waals surface area contributed by atoms with Crippen LogP contribution in [0.1, 0.15) is 40.5 Å². The molecule has 0 aliphatic heterocycles. The maximum atomic E-state index is 3.36. The van der Waals surface area contributed by atoms with E-state index in [2.05, 4.69) is 45.2 Å². The van der Waals surface area contributed by atoms with Crippen LogP contribution in [0.15, 0.2) is 12.2 Å². The second-order valence-electron chi connectivity index (χ2n) is 3.31. The first kappa shape index (κ1) is 11.7. The second kappa shape index (κ2) is 7.35. The molecule has 0 aromatic heterocycles. The molecule has 0 saturated carbocycles. The van der Waals surface area contributed by atoms with E-state index in [1.54, 1.807) is 0 Å². The van der Waals surface area contributed by atoms with Crippen LogP contribution in [0, 0.1) is 5.92 Å². The van der Waals surface area contributed by atoms with Gasteiger partial charge in [0.05, 0.1) is 0 Å². The molecule has 12 heavy (non-hydrogen) atoms. The molecule has 1 nitrogen and oxygen atoms in total. The van der Waals surface area contributed by atoms with Crippen LogP contribution >= 0.6 is 0 Å². The summed E-state index contributed by atoms with van der Waals surface area (Å²) in [6, 6.07) is 0.524. The molecule has 1 unspecified atom stereocenters. The van der Waals surface area contributed by atoms with Crippen LogP contribution in [0.2, 0.25) is 0 Å². The fraction of sp³-hybridized carbons (Fsp3) is 0.818. The number of rotatable bonds is 6. The van der Waals surface area contributed by atoms with Gasteiger partial charge in [-0.1, -0.05) is 32.9 Å². The van der Waals surface area contributed by atoms with Crippen molar-refractivity contribution in [1.82, 2.24) is 5.32 Å². The molecule has 1 heteroatoms. The predicted molar refractivity (Wildman–Crippen MR) is 56.4 cm³/mol. The molecular weight excluding hydrogens is 146 g/mol. The minimum Gasteiger partial charge on any atom is -0.311 e. The number of hydrogen-bond acceptors (Lipinski definition) is 1. The smallest absolute Gasteiger partial charge is 0.0221 e. The van der Waals surface area contributed by atoms with Gasteiger partial charge in [-0.05, 0) is 32.2 Å². The van der Waals surface area contributed by atoms with E-state index in [1.807, 2.05) is 0 Å². The van der Waals surface area contributed by atoms with E-state index >= 15 is 0 Å². The van der Waals surface area contributed by atoms with Gasteiger partial charge in [0.2, 0.25) is 0 Å². The van der Waals surface area contributed by atoms with Crippen molar-refractivity contribution in [1.29, 1.82) is 0 Å². The van der Waals surface area contributed by atoms with Crippen LogP contribution in [-0.2, 0) is 0 Å². The van der Waals surface area contributed by atoms with Crippen LogP contribution in [0.25, 0.3) is 0 Å². The molecule has 1 N–H and O–H groups in total. The van der Waals surface area contributed by atoms with Gasteiger partial charge in [0.25, 0.3) is 0 Å². The normalized spacial score (nSPS) is 14.4.